The standard InChI is InChI=1S/C18H16N2O6S/c1-3-25-17-9-13(5-7-15(17)19-11-21)27(23,24)14-6-8-16(20-12-22)18(10-14)26-4-2/h5-10H,3-4H2,1-2H3. The zero-order chi connectivity index (χ0) is 19.9. The van der Waals surface area contributed by atoms with Gasteiger partial charge in [-0.1, -0.05) is 0 Å². The Morgan fingerprint density at radius 1 is 0.815 bits per heavy atom. The molecule has 2 rings (SSSR count). The van der Waals surface area contributed by atoms with Gasteiger partial charge in [0.2, 0.25) is 22.0 Å². The average Bonchev–Trinajstić information content (AvgIpc) is 2.65. The lowest BCUT2D eigenvalue weighted by atomic mass is 10.3. The Morgan fingerprint density at radius 2 is 1.22 bits per heavy atom. The molecule has 0 aliphatic heterocycles. The molecule has 0 radical (unpaired) electrons. The summed E-state index contributed by atoms with van der Waals surface area (Å²) in [5, 5.41) is 0. The van der Waals surface area contributed by atoms with Crippen molar-refractivity contribution in [2.24, 2.45) is 9.98 Å². The first kappa shape index (κ1) is 20.1. The summed E-state index contributed by atoms with van der Waals surface area (Å²) in [4.78, 5) is 27.9. The van der Waals surface area contributed by atoms with Crippen molar-refractivity contribution in [2.75, 3.05) is 13.2 Å². The predicted octanol–water partition coefficient (Wildman–Crippen LogP) is 3.25. The minimum Gasteiger partial charge on any atom is -0.492 e. The molecule has 0 amide bonds. The number of sulfone groups is 1. The highest BCUT2D eigenvalue weighted by molar-refractivity contribution is 7.91. The molecule has 2 aromatic rings. The normalized spacial score (nSPS) is 10.4. The van der Waals surface area contributed by atoms with Gasteiger partial charge in [-0.25, -0.2) is 18.0 Å². The van der Waals surface area contributed by atoms with E-state index in [-0.39, 0.29) is 45.9 Å². The molecule has 0 spiro atoms. The fraction of sp³-hybridized carbons (Fsp3) is 0.222. The van der Waals surface area contributed by atoms with Crippen molar-refractivity contribution in [3.05, 3.63) is 36.4 Å². The zero-order valence-corrected chi connectivity index (χ0v) is 15.4. The van der Waals surface area contributed by atoms with Crippen LogP contribution < -0.4 is 9.47 Å². The molecule has 27 heavy (non-hydrogen) atoms. The lowest BCUT2D eigenvalue weighted by Gasteiger charge is -2.11. The van der Waals surface area contributed by atoms with Gasteiger partial charge in [-0.05, 0) is 38.1 Å². The number of nitrogens with zero attached hydrogens (tertiary/aromatic N) is 2. The van der Waals surface area contributed by atoms with Crippen molar-refractivity contribution in [1.82, 2.24) is 0 Å². The molecule has 8 nitrogen and oxygen atoms in total. The monoisotopic (exact) mass is 388 g/mol. The van der Waals surface area contributed by atoms with Crippen LogP contribution in [0.15, 0.2) is 56.2 Å². The molecule has 0 unspecified atom stereocenters. The number of ether oxygens (including phenoxy) is 2. The molecule has 0 aromatic heterocycles. The number of rotatable bonds is 8. The fourth-order valence-corrected chi connectivity index (χ4v) is 3.58. The van der Waals surface area contributed by atoms with Crippen LogP contribution in [0.1, 0.15) is 13.8 Å². The Morgan fingerprint density at radius 3 is 1.56 bits per heavy atom. The molecule has 2 aromatic carbocycles. The van der Waals surface area contributed by atoms with Gasteiger partial charge in [0.25, 0.3) is 0 Å². The van der Waals surface area contributed by atoms with Gasteiger partial charge in [-0.3, -0.25) is 0 Å². The van der Waals surface area contributed by atoms with Crippen LogP contribution in [-0.2, 0) is 19.4 Å². The van der Waals surface area contributed by atoms with Gasteiger partial charge in [-0.15, -0.1) is 0 Å². The second-order valence-electron chi connectivity index (χ2n) is 5.03. The second kappa shape index (κ2) is 8.91. The third-order valence-corrected chi connectivity index (χ3v) is 5.16. The van der Waals surface area contributed by atoms with E-state index in [0.29, 0.717) is 0 Å². The number of aliphatic imine (C=N–C) groups is 2. The fourth-order valence-electron chi connectivity index (χ4n) is 2.28. The molecule has 9 heteroatoms. The number of carbonyl (C=O) groups excluding carboxylic acids is 2. The maximum atomic E-state index is 13.0. The first-order valence-corrected chi connectivity index (χ1v) is 9.40. The molecular formula is C18H16N2O6S. The molecular weight excluding hydrogens is 372 g/mol. The minimum absolute atomic E-state index is 0.0510. The maximum Gasteiger partial charge on any atom is 0.240 e. The largest absolute Gasteiger partial charge is 0.492 e. The molecule has 0 fully saturated rings. The Labute approximate surface area is 156 Å². The van der Waals surface area contributed by atoms with Gasteiger partial charge in [0, 0.05) is 12.1 Å². The number of hydrogen-bond donors (Lipinski definition) is 0. The summed E-state index contributed by atoms with van der Waals surface area (Å²) in [5.74, 6) is 0.295. The van der Waals surface area contributed by atoms with Crippen LogP contribution in [0.4, 0.5) is 11.4 Å². The average molecular weight is 388 g/mol. The van der Waals surface area contributed by atoms with Crippen molar-refractivity contribution < 1.29 is 27.5 Å². The smallest absolute Gasteiger partial charge is 0.240 e. The first-order valence-electron chi connectivity index (χ1n) is 7.92. The summed E-state index contributed by atoms with van der Waals surface area (Å²) < 4.78 is 36.6. The zero-order valence-electron chi connectivity index (χ0n) is 14.6. The van der Waals surface area contributed by atoms with Crippen molar-refractivity contribution in [3.63, 3.8) is 0 Å². The quantitative estimate of drug-likeness (QED) is 0.507. The lowest BCUT2D eigenvalue weighted by Crippen LogP contribution is -2.04. The predicted molar refractivity (Wildman–Crippen MR) is 96.2 cm³/mol. The van der Waals surface area contributed by atoms with Crippen LogP contribution in [0.2, 0.25) is 0 Å². The highest BCUT2D eigenvalue weighted by Crippen LogP contribution is 2.35. The Bertz CT molecular complexity index is 958. The van der Waals surface area contributed by atoms with Crippen LogP contribution in [-0.4, -0.2) is 33.8 Å². The molecule has 0 saturated carbocycles. The topological polar surface area (TPSA) is 111 Å². The van der Waals surface area contributed by atoms with Crippen LogP contribution in [0.25, 0.3) is 0 Å². The van der Waals surface area contributed by atoms with Gasteiger partial charge >= 0.3 is 0 Å². The number of isocyanates is 2. The van der Waals surface area contributed by atoms with E-state index in [2.05, 4.69) is 9.98 Å². The van der Waals surface area contributed by atoms with E-state index in [0.717, 1.165) is 0 Å². The van der Waals surface area contributed by atoms with Crippen LogP contribution in [0.5, 0.6) is 11.5 Å². The molecule has 0 aliphatic rings. The molecule has 0 bridgehead atoms. The van der Waals surface area contributed by atoms with E-state index in [4.69, 9.17) is 9.47 Å². The van der Waals surface area contributed by atoms with Crippen molar-refractivity contribution >= 4 is 33.4 Å². The molecule has 0 atom stereocenters. The summed E-state index contributed by atoms with van der Waals surface area (Å²) in [6, 6.07) is 7.91. The summed E-state index contributed by atoms with van der Waals surface area (Å²) in [6.45, 7) is 3.96. The second-order valence-corrected chi connectivity index (χ2v) is 6.98. The summed E-state index contributed by atoms with van der Waals surface area (Å²) >= 11 is 0. The van der Waals surface area contributed by atoms with Crippen molar-refractivity contribution in [1.29, 1.82) is 0 Å². The first-order chi connectivity index (χ1) is 13.0. The Kier molecular flexibility index (Phi) is 6.62. The van der Waals surface area contributed by atoms with Crippen LogP contribution in [0, 0.1) is 0 Å². The Balaban J connectivity index is 2.58. The molecule has 140 valence electrons. The van der Waals surface area contributed by atoms with E-state index in [1.807, 2.05) is 0 Å². The van der Waals surface area contributed by atoms with Gasteiger partial charge < -0.3 is 9.47 Å². The van der Waals surface area contributed by atoms with Gasteiger partial charge in [0.15, 0.2) is 0 Å². The van der Waals surface area contributed by atoms with E-state index < -0.39 is 9.84 Å². The molecule has 0 N–H and O–H groups in total. The highest BCUT2D eigenvalue weighted by Gasteiger charge is 2.21. The maximum absolute atomic E-state index is 13.0. The van der Waals surface area contributed by atoms with E-state index in [1.54, 1.807) is 13.8 Å². The minimum atomic E-state index is -3.92. The van der Waals surface area contributed by atoms with E-state index in [9.17, 15) is 18.0 Å². The van der Waals surface area contributed by atoms with Gasteiger partial charge in [0.05, 0.1) is 23.0 Å². The van der Waals surface area contributed by atoms with E-state index in [1.165, 1.54) is 48.6 Å². The number of hydrogen-bond acceptors (Lipinski definition) is 8. The SMILES string of the molecule is CCOc1cc(S(=O)(=O)c2ccc(N=C=O)c(OCC)c2)ccc1N=C=O. The third kappa shape index (κ3) is 4.48. The van der Waals surface area contributed by atoms with Crippen LogP contribution >= 0.6 is 0 Å². The van der Waals surface area contributed by atoms with Gasteiger partial charge in [0.1, 0.15) is 22.9 Å². The Hall–Kier alpha value is -3.25. The van der Waals surface area contributed by atoms with Crippen LogP contribution in [0.3, 0.4) is 0 Å². The van der Waals surface area contributed by atoms with E-state index >= 15 is 0 Å². The molecule has 0 aliphatic carbocycles. The third-order valence-electron chi connectivity index (χ3n) is 3.42. The van der Waals surface area contributed by atoms with Gasteiger partial charge in [-0.2, -0.15) is 9.98 Å². The number of benzene rings is 2. The molecule has 0 heterocycles. The summed E-state index contributed by atoms with van der Waals surface area (Å²) in [7, 11) is -3.92. The highest BCUT2D eigenvalue weighted by atomic mass is 32.2. The molecule has 0 saturated heterocycles. The summed E-state index contributed by atoms with van der Waals surface area (Å²) in [5.41, 5.74) is 0.355. The lowest BCUT2D eigenvalue weighted by molar-refractivity contribution is 0.340. The van der Waals surface area contributed by atoms with Crippen molar-refractivity contribution in [3.8, 4) is 11.5 Å². The summed E-state index contributed by atoms with van der Waals surface area (Å²) in [6.07, 6.45) is 2.80. The van der Waals surface area contributed by atoms with Crippen molar-refractivity contribution in [2.45, 2.75) is 23.6 Å².